The molecule has 0 radical (unpaired) electrons. The summed E-state index contributed by atoms with van der Waals surface area (Å²) in [6.45, 7) is 6.00. The largest absolute Gasteiger partial charge is 0.311 e. The third-order valence-electron chi connectivity index (χ3n) is 3.42. The molecule has 0 amide bonds. The van der Waals surface area contributed by atoms with Crippen molar-refractivity contribution in [2.24, 2.45) is 0 Å². The SMILES string of the molecule is CCC(CC)(CNCc1cc(F)cc(Cl)c1)SC. The molecule has 0 aliphatic carbocycles. The van der Waals surface area contributed by atoms with Gasteiger partial charge in [0.05, 0.1) is 0 Å². The zero-order valence-corrected chi connectivity index (χ0v) is 12.8. The Morgan fingerprint density at radius 2 is 1.94 bits per heavy atom. The summed E-state index contributed by atoms with van der Waals surface area (Å²) in [5, 5.41) is 3.86. The van der Waals surface area contributed by atoms with E-state index in [9.17, 15) is 4.39 Å². The van der Waals surface area contributed by atoms with Crippen molar-refractivity contribution in [3.05, 3.63) is 34.6 Å². The number of benzene rings is 1. The molecule has 0 saturated carbocycles. The van der Waals surface area contributed by atoms with Crippen molar-refractivity contribution in [3.8, 4) is 0 Å². The number of hydrogen-bond donors (Lipinski definition) is 1. The Hall–Kier alpha value is -0.250. The van der Waals surface area contributed by atoms with Crippen molar-refractivity contribution in [3.63, 3.8) is 0 Å². The van der Waals surface area contributed by atoms with E-state index in [0.29, 0.717) is 11.6 Å². The van der Waals surface area contributed by atoms with Crippen LogP contribution in [0.1, 0.15) is 32.3 Å². The van der Waals surface area contributed by atoms with E-state index in [1.54, 1.807) is 6.07 Å². The van der Waals surface area contributed by atoms with Gasteiger partial charge in [-0.1, -0.05) is 25.4 Å². The van der Waals surface area contributed by atoms with Gasteiger partial charge in [-0.2, -0.15) is 11.8 Å². The summed E-state index contributed by atoms with van der Waals surface area (Å²) in [6, 6.07) is 4.66. The summed E-state index contributed by atoms with van der Waals surface area (Å²) in [5.74, 6) is -0.276. The maximum Gasteiger partial charge on any atom is 0.125 e. The second kappa shape index (κ2) is 7.37. The van der Waals surface area contributed by atoms with Crippen LogP contribution in [0.4, 0.5) is 4.39 Å². The first-order valence-corrected chi connectivity index (χ1v) is 7.86. The number of rotatable bonds is 7. The fourth-order valence-corrected chi connectivity index (χ4v) is 3.08. The second-order valence-electron chi connectivity index (χ2n) is 4.48. The predicted molar refractivity (Wildman–Crippen MR) is 79.9 cm³/mol. The number of nitrogens with one attached hydrogen (secondary N) is 1. The fraction of sp³-hybridized carbons (Fsp3) is 0.571. The van der Waals surface area contributed by atoms with Crippen molar-refractivity contribution in [2.75, 3.05) is 12.8 Å². The zero-order valence-electron chi connectivity index (χ0n) is 11.2. The summed E-state index contributed by atoms with van der Waals surface area (Å²) < 4.78 is 13.4. The Kier molecular flexibility index (Phi) is 6.47. The molecule has 0 unspecified atom stereocenters. The van der Waals surface area contributed by atoms with Crippen molar-refractivity contribution < 1.29 is 4.39 Å². The quantitative estimate of drug-likeness (QED) is 0.794. The maximum absolute atomic E-state index is 13.2. The number of hydrogen-bond acceptors (Lipinski definition) is 2. The molecule has 0 heterocycles. The summed E-state index contributed by atoms with van der Waals surface area (Å²) in [4.78, 5) is 0. The number of halogens is 2. The third kappa shape index (κ3) is 4.45. The first-order chi connectivity index (χ1) is 8.55. The predicted octanol–water partition coefficient (Wildman–Crippen LogP) is 4.49. The lowest BCUT2D eigenvalue weighted by Crippen LogP contribution is -2.36. The molecular weight excluding hydrogens is 269 g/mol. The van der Waals surface area contributed by atoms with Crippen LogP contribution in [0.15, 0.2) is 18.2 Å². The molecule has 0 fully saturated rings. The van der Waals surface area contributed by atoms with Gasteiger partial charge >= 0.3 is 0 Å². The maximum atomic E-state index is 13.2. The van der Waals surface area contributed by atoms with Gasteiger partial charge in [0.1, 0.15) is 5.82 Å². The van der Waals surface area contributed by atoms with Gasteiger partial charge in [-0.05, 0) is 42.9 Å². The van der Waals surface area contributed by atoms with Crippen LogP contribution in [0.3, 0.4) is 0 Å². The van der Waals surface area contributed by atoms with Crippen LogP contribution < -0.4 is 5.32 Å². The minimum atomic E-state index is -0.276. The summed E-state index contributed by atoms with van der Waals surface area (Å²) in [6.07, 6.45) is 4.40. The van der Waals surface area contributed by atoms with E-state index in [4.69, 9.17) is 11.6 Å². The molecule has 0 spiro atoms. The van der Waals surface area contributed by atoms with Crippen LogP contribution in [0.25, 0.3) is 0 Å². The fourth-order valence-electron chi connectivity index (χ4n) is 2.01. The molecule has 18 heavy (non-hydrogen) atoms. The molecule has 1 aromatic carbocycles. The molecule has 1 aromatic rings. The van der Waals surface area contributed by atoms with Gasteiger partial charge < -0.3 is 5.32 Å². The third-order valence-corrected chi connectivity index (χ3v) is 5.23. The van der Waals surface area contributed by atoms with Crippen molar-refractivity contribution >= 4 is 23.4 Å². The van der Waals surface area contributed by atoms with Crippen LogP contribution in [0.5, 0.6) is 0 Å². The van der Waals surface area contributed by atoms with Crippen molar-refractivity contribution in [1.82, 2.24) is 5.32 Å². The molecule has 1 N–H and O–H groups in total. The minimum absolute atomic E-state index is 0.275. The first kappa shape index (κ1) is 15.8. The Morgan fingerprint density at radius 1 is 1.28 bits per heavy atom. The molecule has 0 saturated heterocycles. The molecule has 0 aromatic heterocycles. The van der Waals surface area contributed by atoms with E-state index in [2.05, 4.69) is 25.4 Å². The Labute approximate surface area is 118 Å². The number of thioether (sulfide) groups is 1. The highest BCUT2D eigenvalue weighted by Crippen LogP contribution is 2.29. The van der Waals surface area contributed by atoms with Crippen LogP contribution in [-0.2, 0) is 6.54 Å². The average molecular weight is 290 g/mol. The van der Waals surface area contributed by atoms with Gasteiger partial charge in [-0.3, -0.25) is 0 Å². The normalized spacial score (nSPS) is 11.8. The molecule has 1 nitrogen and oxygen atoms in total. The molecule has 0 aliphatic heterocycles. The lowest BCUT2D eigenvalue weighted by Gasteiger charge is -2.30. The second-order valence-corrected chi connectivity index (χ2v) is 6.19. The molecule has 0 bridgehead atoms. The minimum Gasteiger partial charge on any atom is -0.311 e. The van der Waals surface area contributed by atoms with Crippen LogP contribution in [-0.4, -0.2) is 17.5 Å². The highest BCUT2D eigenvalue weighted by molar-refractivity contribution is 8.00. The monoisotopic (exact) mass is 289 g/mol. The Balaban J connectivity index is 2.55. The van der Waals surface area contributed by atoms with Crippen molar-refractivity contribution in [2.45, 2.75) is 38.0 Å². The lowest BCUT2D eigenvalue weighted by molar-refractivity contribution is 0.494. The van der Waals surface area contributed by atoms with Gasteiger partial charge in [0, 0.05) is 22.9 Å². The van der Waals surface area contributed by atoms with Crippen molar-refractivity contribution in [1.29, 1.82) is 0 Å². The summed E-state index contributed by atoms with van der Waals surface area (Å²) >= 11 is 7.73. The Bertz CT molecular complexity index is 352. The smallest absolute Gasteiger partial charge is 0.125 e. The molecular formula is C14H21ClFNS. The van der Waals surface area contributed by atoms with Gasteiger partial charge in [0.2, 0.25) is 0 Å². The van der Waals surface area contributed by atoms with E-state index in [-0.39, 0.29) is 10.6 Å². The van der Waals surface area contributed by atoms with Gasteiger partial charge in [0.15, 0.2) is 0 Å². The van der Waals surface area contributed by atoms with E-state index in [1.807, 2.05) is 11.8 Å². The standard InChI is InChI=1S/C14H21ClFNS/c1-4-14(5-2,18-3)10-17-9-11-6-12(15)8-13(16)7-11/h6-8,17H,4-5,9-10H2,1-3H3. The van der Waals surface area contributed by atoms with Crippen LogP contribution in [0.2, 0.25) is 5.02 Å². The van der Waals surface area contributed by atoms with E-state index in [1.165, 1.54) is 12.1 Å². The lowest BCUT2D eigenvalue weighted by atomic mass is 10.0. The van der Waals surface area contributed by atoms with E-state index < -0.39 is 0 Å². The van der Waals surface area contributed by atoms with Gasteiger partial charge in [-0.15, -0.1) is 0 Å². The van der Waals surface area contributed by atoms with E-state index >= 15 is 0 Å². The molecule has 0 aliphatic rings. The van der Waals surface area contributed by atoms with Crippen LogP contribution in [0, 0.1) is 5.82 Å². The summed E-state index contributed by atoms with van der Waals surface area (Å²) in [7, 11) is 0. The average Bonchev–Trinajstić information content (AvgIpc) is 2.34. The van der Waals surface area contributed by atoms with Gasteiger partial charge in [0.25, 0.3) is 0 Å². The topological polar surface area (TPSA) is 12.0 Å². The highest BCUT2D eigenvalue weighted by atomic mass is 35.5. The molecule has 102 valence electrons. The molecule has 0 atom stereocenters. The first-order valence-electron chi connectivity index (χ1n) is 6.26. The van der Waals surface area contributed by atoms with Gasteiger partial charge in [-0.25, -0.2) is 4.39 Å². The van der Waals surface area contributed by atoms with E-state index in [0.717, 1.165) is 24.9 Å². The Morgan fingerprint density at radius 3 is 2.44 bits per heavy atom. The highest BCUT2D eigenvalue weighted by Gasteiger charge is 2.23. The molecule has 1 rings (SSSR count). The van der Waals surface area contributed by atoms with Crippen LogP contribution >= 0.6 is 23.4 Å². The zero-order chi connectivity index (χ0) is 13.6. The summed E-state index contributed by atoms with van der Waals surface area (Å²) in [5.41, 5.74) is 0.891. The molecule has 4 heteroatoms.